The zero-order chi connectivity index (χ0) is 46.0. The Morgan fingerprint density at radius 3 is 2.02 bits per heavy atom. The first-order valence-corrected chi connectivity index (χ1v) is 21.8. The SMILES string of the molecule is CC[C@H](C)[C@H]1NC(=O)[C@H](C)NC(=O)[C@H](CC(C)C)N2C[C@@H](OCc3ccccc3)[C@@H](O)[C@H](NC(=O)[C@H](CC(N)=O)NC(=O)[C@H](Cc3ccccc3)NC(=O)[C@@H]3CCCN3C1=O)C2=O. The highest BCUT2D eigenvalue weighted by Gasteiger charge is 2.48. The average molecular weight is 875 g/mol. The first kappa shape index (κ1) is 48.2. The van der Waals surface area contributed by atoms with Crippen molar-refractivity contribution >= 4 is 47.3 Å². The normalized spacial score (nSPS) is 28.5. The number of hydrogen-bond donors (Lipinski definition) is 7. The molecule has 18 heteroatoms. The summed E-state index contributed by atoms with van der Waals surface area (Å²) in [5.74, 6) is -6.88. The molecular weight excluding hydrogens is 813 g/mol. The lowest BCUT2D eigenvalue weighted by atomic mass is 9.93. The van der Waals surface area contributed by atoms with E-state index in [1.54, 1.807) is 61.5 Å². The van der Waals surface area contributed by atoms with E-state index in [1.807, 2.05) is 26.8 Å². The first-order valence-electron chi connectivity index (χ1n) is 21.8. The molecule has 63 heavy (non-hydrogen) atoms. The number of carbonyl (C=O) groups is 8. The van der Waals surface area contributed by atoms with Crippen molar-refractivity contribution in [2.24, 2.45) is 17.6 Å². The van der Waals surface area contributed by atoms with Gasteiger partial charge in [-0.3, -0.25) is 38.4 Å². The fraction of sp³-hybridized carbons (Fsp3) is 0.556. The van der Waals surface area contributed by atoms with Gasteiger partial charge in [-0.1, -0.05) is 94.8 Å². The minimum atomic E-state index is -1.74. The Balaban J connectivity index is 1.58. The van der Waals surface area contributed by atoms with Crippen LogP contribution in [-0.4, -0.2) is 130 Å². The number of nitrogens with zero attached hydrogens (tertiary/aromatic N) is 2. The molecule has 0 aromatic heterocycles. The van der Waals surface area contributed by atoms with Crippen LogP contribution < -0.4 is 32.3 Å². The highest BCUT2D eigenvalue weighted by molar-refractivity contribution is 6.00. The summed E-state index contributed by atoms with van der Waals surface area (Å²) in [5, 5.41) is 25.1. The molecule has 0 radical (unpaired) electrons. The lowest BCUT2D eigenvalue weighted by Crippen LogP contribution is -2.69. The number of nitrogens with two attached hydrogens (primary N) is 1. The highest BCUT2D eigenvalue weighted by atomic mass is 16.5. The van der Waals surface area contributed by atoms with Gasteiger partial charge in [0.2, 0.25) is 47.3 Å². The van der Waals surface area contributed by atoms with E-state index >= 15 is 0 Å². The molecular formula is C45H62N8O10. The Labute approximate surface area is 367 Å². The van der Waals surface area contributed by atoms with Crippen molar-refractivity contribution in [3.8, 4) is 0 Å². The van der Waals surface area contributed by atoms with Gasteiger partial charge in [0.15, 0.2) is 0 Å². The number of primary amides is 1. The predicted molar refractivity (Wildman–Crippen MR) is 229 cm³/mol. The summed E-state index contributed by atoms with van der Waals surface area (Å²) < 4.78 is 6.17. The van der Waals surface area contributed by atoms with Gasteiger partial charge in [0.05, 0.1) is 19.6 Å². The number of nitrogens with one attached hydrogen (secondary N) is 5. The van der Waals surface area contributed by atoms with Crippen molar-refractivity contribution in [2.45, 2.75) is 134 Å². The summed E-state index contributed by atoms with van der Waals surface area (Å²) in [5.41, 5.74) is 6.96. The van der Waals surface area contributed by atoms with Gasteiger partial charge in [-0.15, -0.1) is 0 Å². The molecule has 0 saturated carbocycles. The van der Waals surface area contributed by atoms with E-state index in [0.29, 0.717) is 18.4 Å². The van der Waals surface area contributed by atoms with Crippen LogP contribution in [0.15, 0.2) is 60.7 Å². The molecule has 0 spiro atoms. The topological polar surface area (TPSA) is 259 Å². The molecule has 18 nitrogen and oxygen atoms in total. The molecule has 8 amide bonds. The summed E-state index contributed by atoms with van der Waals surface area (Å²) in [4.78, 5) is 115. The maximum absolute atomic E-state index is 14.5. The summed E-state index contributed by atoms with van der Waals surface area (Å²) in [6.45, 7) is 8.68. The molecule has 3 aliphatic rings. The van der Waals surface area contributed by atoms with Crippen molar-refractivity contribution in [1.29, 1.82) is 0 Å². The van der Waals surface area contributed by atoms with Gasteiger partial charge in [-0.25, -0.2) is 0 Å². The van der Waals surface area contributed by atoms with Crippen molar-refractivity contribution in [1.82, 2.24) is 36.4 Å². The van der Waals surface area contributed by atoms with Crippen LogP contribution in [-0.2, 0) is 56.1 Å². The maximum Gasteiger partial charge on any atom is 0.248 e. The van der Waals surface area contributed by atoms with Gasteiger partial charge in [-0.05, 0) is 49.1 Å². The number of aliphatic hydroxyl groups excluding tert-OH is 1. The molecule has 3 fully saturated rings. The smallest absolute Gasteiger partial charge is 0.248 e. The van der Waals surface area contributed by atoms with Gasteiger partial charge >= 0.3 is 0 Å². The fourth-order valence-corrected chi connectivity index (χ4v) is 8.19. The van der Waals surface area contributed by atoms with Crippen molar-refractivity contribution in [3.63, 3.8) is 0 Å². The van der Waals surface area contributed by atoms with Crippen LogP contribution in [0.3, 0.4) is 0 Å². The molecule has 2 aromatic rings. The number of carbonyl (C=O) groups excluding carboxylic acids is 8. The molecule has 0 unspecified atom stereocenters. The van der Waals surface area contributed by atoms with E-state index in [0.717, 1.165) is 5.56 Å². The van der Waals surface area contributed by atoms with Gasteiger partial charge in [0, 0.05) is 13.0 Å². The van der Waals surface area contributed by atoms with Gasteiger partial charge < -0.3 is 52.0 Å². The molecule has 3 saturated heterocycles. The van der Waals surface area contributed by atoms with Gasteiger partial charge in [0.1, 0.15) is 54.5 Å². The molecule has 2 aromatic carbocycles. The standard InChI is InChI=1S/C45H62N8O10/c1-6-26(4)36-44(61)52-19-13-18-32(52)42(59)49-30(21-28-14-9-7-10-15-28)40(57)48-31(22-35(46)54)41(58)51-37-38(55)34(63-24-29-16-11-8-12-17-29)23-53(45(37)62)33(20-25(2)3)43(60)47-27(5)39(56)50-36/h7-12,14-17,25-27,30-34,36-38,55H,6,13,18-24H2,1-5H3,(H2,46,54)(H,47,60)(H,48,57)(H,49,59)(H,50,56)(H,51,58)/t26-,27-,30-,31-,32-,33-,34+,36+,37-,38+/m0/s1. The van der Waals surface area contributed by atoms with Crippen LogP contribution in [0.4, 0.5) is 0 Å². The Hall–Kier alpha value is -5.88. The Bertz CT molecular complexity index is 1970. The van der Waals surface area contributed by atoms with E-state index < -0.39 is 114 Å². The van der Waals surface area contributed by atoms with Crippen LogP contribution >= 0.6 is 0 Å². The van der Waals surface area contributed by atoms with Crippen molar-refractivity contribution in [3.05, 3.63) is 71.8 Å². The minimum Gasteiger partial charge on any atom is -0.388 e. The monoisotopic (exact) mass is 874 g/mol. The molecule has 8 N–H and O–H groups in total. The number of hydrogen-bond acceptors (Lipinski definition) is 10. The number of amides is 8. The van der Waals surface area contributed by atoms with Gasteiger partial charge in [-0.2, -0.15) is 0 Å². The number of piperidine rings is 1. The van der Waals surface area contributed by atoms with Crippen LogP contribution in [0.1, 0.15) is 77.8 Å². The second-order valence-corrected chi connectivity index (χ2v) is 17.2. The molecule has 0 aliphatic carbocycles. The Kier molecular flexibility index (Phi) is 16.8. The third-order valence-electron chi connectivity index (χ3n) is 11.9. The summed E-state index contributed by atoms with van der Waals surface area (Å²) in [7, 11) is 0. The lowest BCUT2D eigenvalue weighted by molar-refractivity contribution is -0.165. The van der Waals surface area contributed by atoms with Crippen LogP contribution in [0.2, 0.25) is 0 Å². The zero-order valence-corrected chi connectivity index (χ0v) is 36.6. The van der Waals surface area contributed by atoms with Gasteiger partial charge in [0.25, 0.3) is 0 Å². The van der Waals surface area contributed by atoms with E-state index in [1.165, 1.54) is 16.7 Å². The third-order valence-corrected chi connectivity index (χ3v) is 11.9. The maximum atomic E-state index is 14.5. The number of aliphatic hydroxyl groups is 1. The Morgan fingerprint density at radius 1 is 0.778 bits per heavy atom. The summed E-state index contributed by atoms with van der Waals surface area (Å²) in [6.07, 6.45) is -2.31. The summed E-state index contributed by atoms with van der Waals surface area (Å²) in [6, 6.07) is 8.47. The second kappa shape index (κ2) is 22.0. The molecule has 3 aliphatic heterocycles. The molecule has 2 bridgehead atoms. The minimum absolute atomic E-state index is 0.00719. The molecule has 10 atom stereocenters. The number of fused-ring (bicyclic) bond motifs is 3. The third kappa shape index (κ3) is 12.4. The van der Waals surface area contributed by atoms with Crippen molar-refractivity contribution < 1.29 is 48.2 Å². The lowest BCUT2D eigenvalue weighted by Gasteiger charge is -2.44. The highest BCUT2D eigenvalue weighted by Crippen LogP contribution is 2.25. The van der Waals surface area contributed by atoms with Crippen LogP contribution in [0.25, 0.3) is 0 Å². The fourth-order valence-electron chi connectivity index (χ4n) is 8.19. The second-order valence-electron chi connectivity index (χ2n) is 17.2. The zero-order valence-electron chi connectivity index (χ0n) is 36.6. The first-order chi connectivity index (χ1) is 30.0. The predicted octanol–water partition coefficient (Wildman–Crippen LogP) is -0.198. The molecule has 3 heterocycles. The number of ether oxygens (including phenoxy) is 1. The molecule has 342 valence electrons. The van der Waals surface area contributed by atoms with E-state index in [9.17, 15) is 43.5 Å². The van der Waals surface area contributed by atoms with E-state index in [-0.39, 0.29) is 44.9 Å². The van der Waals surface area contributed by atoms with E-state index in [2.05, 4.69) is 26.6 Å². The summed E-state index contributed by atoms with van der Waals surface area (Å²) >= 11 is 0. The average Bonchev–Trinajstić information content (AvgIpc) is 3.75. The number of rotatable bonds is 11. The quantitative estimate of drug-likeness (QED) is 0.157. The molecule has 5 rings (SSSR count). The largest absolute Gasteiger partial charge is 0.388 e. The van der Waals surface area contributed by atoms with Crippen LogP contribution in [0, 0.1) is 11.8 Å². The van der Waals surface area contributed by atoms with Crippen molar-refractivity contribution in [2.75, 3.05) is 13.1 Å². The Morgan fingerprint density at radius 2 is 1.40 bits per heavy atom. The van der Waals surface area contributed by atoms with E-state index in [4.69, 9.17) is 10.5 Å². The van der Waals surface area contributed by atoms with Crippen LogP contribution in [0.5, 0.6) is 0 Å². The number of benzene rings is 2.